The molecule has 0 atom stereocenters. The maximum Gasteiger partial charge on any atom is 0.254 e. The van der Waals surface area contributed by atoms with E-state index < -0.39 is 0 Å². The molecule has 0 radical (unpaired) electrons. The lowest BCUT2D eigenvalue weighted by molar-refractivity contribution is 0.181. The zero-order chi connectivity index (χ0) is 16.2. The summed E-state index contributed by atoms with van der Waals surface area (Å²) in [6.45, 7) is 5.16. The van der Waals surface area contributed by atoms with Crippen molar-refractivity contribution in [3.63, 3.8) is 0 Å². The molecule has 1 N–H and O–H groups in total. The number of nitrogens with one attached hydrogen (secondary N) is 1. The van der Waals surface area contributed by atoms with Gasteiger partial charge in [0.2, 0.25) is 0 Å². The zero-order valence-electron chi connectivity index (χ0n) is 13.5. The second-order valence-corrected chi connectivity index (χ2v) is 5.37. The first-order valence-electron chi connectivity index (χ1n) is 7.53. The summed E-state index contributed by atoms with van der Waals surface area (Å²) < 4.78 is 12.0. The highest BCUT2D eigenvalue weighted by atomic mass is 16.5. The smallest absolute Gasteiger partial charge is 0.254 e. The van der Waals surface area contributed by atoms with Gasteiger partial charge in [0.1, 0.15) is 17.9 Å². The Morgan fingerprint density at radius 2 is 2.22 bits per heavy atom. The molecule has 0 amide bonds. The Kier molecular flexibility index (Phi) is 4.52. The van der Waals surface area contributed by atoms with Gasteiger partial charge < -0.3 is 14.6 Å². The molecule has 3 aromatic heterocycles. The van der Waals surface area contributed by atoms with Gasteiger partial charge in [-0.15, -0.1) is 0 Å². The molecule has 0 fully saturated rings. The highest BCUT2D eigenvalue weighted by Crippen LogP contribution is 2.15. The lowest BCUT2D eigenvalue weighted by atomic mass is 10.1. The first-order chi connectivity index (χ1) is 11.2. The van der Waals surface area contributed by atoms with Gasteiger partial charge in [0.15, 0.2) is 0 Å². The largest absolute Gasteiger partial charge is 0.378 e. The molecule has 8 nitrogen and oxygen atoms in total. The van der Waals surface area contributed by atoms with E-state index in [1.54, 1.807) is 11.6 Å². The van der Waals surface area contributed by atoms with Gasteiger partial charge in [-0.2, -0.15) is 14.6 Å². The van der Waals surface area contributed by atoms with E-state index in [0.717, 1.165) is 42.4 Å². The number of anilines is 1. The normalized spacial score (nSPS) is 11.3. The van der Waals surface area contributed by atoms with Crippen molar-refractivity contribution in [2.75, 3.05) is 19.0 Å². The van der Waals surface area contributed by atoms with Gasteiger partial charge in [0.05, 0.1) is 18.0 Å². The summed E-state index contributed by atoms with van der Waals surface area (Å²) in [4.78, 5) is 8.52. The van der Waals surface area contributed by atoms with Gasteiger partial charge in [-0.1, -0.05) is 5.16 Å². The quantitative estimate of drug-likeness (QED) is 0.666. The van der Waals surface area contributed by atoms with Crippen molar-refractivity contribution in [2.45, 2.75) is 33.3 Å². The molecular weight excluding hydrogens is 296 g/mol. The molecule has 0 spiro atoms. The van der Waals surface area contributed by atoms with Crippen LogP contribution in [-0.4, -0.2) is 38.4 Å². The molecule has 3 rings (SSSR count). The molecule has 0 saturated heterocycles. The van der Waals surface area contributed by atoms with E-state index in [4.69, 9.17) is 9.26 Å². The Bertz CT molecular complexity index is 775. The van der Waals surface area contributed by atoms with Crippen molar-refractivity contribution in [1.29, 1.82) is 0 Å². The maximum absolute atomic E-state index is 5.19. The molecule has 0 aliphatic carbocycles. The first-order valence-corrected chi connectivity index (χ1v) is 7.53. The van der Waals surface area contributed by atoms with E-state index in [9.17, 15) is 0 Å². The molecule has 0 aromatic carbocycles. The number of hydrogen-bond acceptors (Lipinski definition) is 7. The van der Waals surface area contributed by atoms with Crippen molar-refractivity contribution in [3.8, 4) is 0 Å². The molecule has 3 aromatic rings. The Balaban J connectivity index is 1.65. The second kappa shape index (κ2) is 6.74. The number of hydrogen-bond donors (Lipinski definition) is 1. The summed E-state index contributed by atoms with van der Waals surface area (Å²) in [5, 5.41) is 11.6. The van der Waals surface area contributed by atoms with Gasteiger partial charge in [-0.3, -0.25) is 0 Å². The minimum absolute atomic E-state index is 0.442. The number of rotatable bonds is 7. The van der Waals surface area contributed by atoms with Gasteiger partial charge in [0.25, 0.3) is 5.78 Å². The molecule has 3 heterocycles. The van der Waals surface area contributed by atoms with E-state index >= 15 is 0 Å². The highest BCUT2D eigenvalue weighted by Gasteiger charge is 2.10. The van der Waals surface area contributed by atoms with Crippen molar-refractivity contribution in [2.24, 2.45) is 0 Å². The summed E-state index contributed by atoms with van der Waals surface area (Å²) in [5.74, 6) is 2.32. The molecule has 0 saturated carbocycles. The number of aromatic nitrogens is 5. The van der Waals surface area contributed by atoms with Crippen LogP contribution in [0.25, 0.3) is 5.78 Å². The van der Waals surface area contributed by atoms with Crippen LogP contribution in [0.1, 0.15) is 29.1 Å². The monoisotopic (exact) mass is 316 g/mol. The molecular formula is C15H20N6O2. The summed E-state index contributed by atoms with van der Waals surface area (Å²) in [6.07, 6.45) is 3.37. The number of methoxy groups -OCH3 is 1. The molecule has 8 heteroatoms. The van der Waals surface area contributed by atoms with Crippen LogP contribution in [0.15, 0.2) is 16.9 Å². The minimum atomic E-state index is 0.442. The summed E-state index contributed by atoms with van der Waals surface area (Å²) >= 11 is 0. The lowest BCUT2D eigenvalue weighted by Gasteiger charge is -2.09. The SMILES string of the molecule is COCc1cc(NCCCc2c(C)noc2C)n2ncnc2n1. The van der Waals surface area contributed by atoms with E-state index in [-0.39, 0.29) is 0 Å². The number of nitrogens with zero attached hydrogens (tertiary/aromatic N) is 5. The van der Waals surface area contributed by atoms with Crippen LogP contribution in [-0.2, 0) is 17.8 Å². The third kappa shape index (κ3) is 3.31. The maximum atomic E-state index is 5.19. The van der Waals surface area contributed by atoms with Gasteiger partial charge in [0, 0.05) is 25.3 Å². The molecule has 0 aliphatic heterocycles. The Morgan fingerprint density at radius 1 is 1.35 bits per heavy atom. The fourth-order valence-corrected chi connectivity index (χ4v) is 2.55. The van der Waals surface area contributed by atoms with Crippen molar-refractivity contribution >= 4 is 11.6 Å². The van der Waals surface area contributed by atoms with Crippen molar-refractivity contribution in [3.05, 3.63) is 35.1 Å². The molecule has 0 unspecified atom stereocenters. The number of aryl methyl sites for hydroxylation is 2. The van der Waals surface area contributed by atoms with Crippen molar-refractivity contribution < 1.29 is 9.26 Å². The topological polar surface area (TPSA) is 90.4 Å². The van der Waals surface area contributed by atoms with Crippen LogP contribution in [0.4, 0.5) is 5.82 Å². The molecule has 122 valence electrons. The Hall–Kier alpha value is -2.48. The van der Waals surface area contributed by atoms with E-state index in [2.05, 4.69) is 25.5 Å². The average Bonchev–Trinajstić information content (AvgIpc) is 3.12. The van der Waals surface area contributed by atoms with Crippen LogP contribution < -0.4 is 5.32 Å². The number of fused-ring (bicyclic) bond motifs is 1. The van der Waals surface area contributed by atoms with Crippen molar-refractivity contribution in [1.82, 2.24) is 24.7 Å². The summed E-state index contributed by atoms with van der Waals surface area (Å²) in [5.41, 5.74) is 2.97. The van der Waals surface area contributed by atoms with E-state index in [1.165, 1.54) is 11.9 Å². The Labute approximate surface area is 133 Å². The summed E-state index contributed by atoms with van der Waals surface area (Å²) in [7, 11) is 1.65. The number of ether oxygens (including phenoxy) is 1. The standard InChI is InChI=1S/C15H20N6O2/c1-10-13(11(2)23-20-10)5-4-6-16-14-7-12(8-22-3)19-15-17-9-18-21(14)15/h7,9,16H,4-6,8H2,1-3H3. The molecule has 0 bridgehead atoms. The van der Waals surface area contributed by atoms with Crippen LogP contribution in [0.2, 0.25) is 0 Å². The van der Waals surface area contributed by atoms with Crippen LogP contribution in [0.3, 0.4) is 0 Å². The Morgan fingerprint density at radius 3 is 2.96 bits per heavy atom. The van der Waals surface area contributed by atoms with Crippen LogP contribution in [0, 0.1) is 13.8 Å². The van der Waals surface area contributed by atoms with Gasteiger partial charge in [-0.05, 0) is 26.7 Å². The predicted molar refractivity (Wildman–Crippen MR) is 84.3 cm³/mol. The summed E-state index contributed by atoms with van der Waals surface area (Å²) in [6, 6.07) is 1.93. The van der Waals surface area contributed by atoms with Gasteiger partial charge in [-0.25, -0.2) is 4.98 Å². The zero-order valence-corrected chi connectivity index (χ0v) is 13.5. The fraction of sp³-hybridized carbons (Fsp3) is 0.467. The van der Waals surface area contributed by atoms with E-state index in [0.29, 0.717) is 12.4 Å². The fourth-order valence-electron chi connectivity index (χ4n) is 2.55. The predicted octanol–water partition coefficient (Wildman–Crippen LogP) is 1.92. The highest BCUT2D eigenvalue weighted by molar-refractivity contribution is 5.44. The minimum Gasteiger partial charge on any atom is -0.378 e. The third-order valence-electron chi connectivity index (χ3n) is 3.69. The average molecular weight is 316 g/mol. The molecule has 0 aliphatic rings. The van der Waals surface area contributed by atoms with Gasteiger partial charge >= 0.3 is 0 Å². The van der Waals surface area contributed by atoms with E-state index in [1.807, 2.05) is 19.9 Å². The van der Waals surface area contributed by atoms with Crippen LogP contribution >= 0.6 is 0 Å². The first kappa shape index (κ1) is 15.4. The van der Waals surface area contributed by atoms with Crippen LogP contribution in [0.5, 0.6) is 0 Å². The second-order valence-electron chi connectivity index (χ2n) is 5.37. The lowest BCUT2D eigenvalue weighted by Crippen LogP contribution is -2.10. The third-order valence-corrected chi connectivity index (χ3v) is 3.69. The molecule has 23 heavy (non-hydrogen) atoms.